The van der Waals surface area contributed by atoms with Gasteiger partial charge in [-0.05, 0) is 54.9 Å². The number of hydrogen-bond donors (Lipinski definition) is 2. The summed E-state index contributed by atoms with van der Waals surface area (Å²) < 4.78 is 12.3. The van der Waals surface area contributed by atoms with Gasteiger partial charge in [0.1, 0.15) is 6.04 Å². The van der Waals surface area contributed by atoms with Crippen molar-refractivity contribution in [2.45, 2.75) is 32.9 Å². The smallest absolute Gasteiger partial charge is 0.262 e. The van der Waals surface area contributed by atoms with Crippen molar-refractivity contribution in [2.75, 3.05) is 13.7 Å². The summed E-state index contributed by atoms with van der Waals surface area (Å²) >= 11 is 5.37. The number of nitrogens with zero attached hydrogens (tertiary/aromatic N) is 4. The molecule has 2 N–H and O–H groups in total. The fourth-order valence-corrected chi connectivity index (χ4v) is 3.97. The van der Waals surface area contributed by atoms with Gasteiger partial charge in [0.15, 0.2) is 4.77 Å². The third-order valence-electron chi connectivity index (χ3n) is 5.57. The van der Waals surface area contributed by atoms with Crippen LogP contribution < -0.4 is 10.9 Å². The Kier molecular flexibility index (Phi) is 7.47. The lowest BCUT2D eigenvalue weighted by Gasteiger charge is -2.18. The molecule has 0 radical (unpaired) electrons. The maximum absolute atomic E-state index is 13.1. The van der Waals surface area contributed by atoms with E-state index in [4.69, 9.17) is 21.5 Å². The summed E-state index contributed by atoms with van der Waals surface area (Å²) in [7, 11) is 1.61. The van der Waals surface area contributed by atoms with Gasteiger partial charge in [-0.2, -0.15) is 4.98 Å². The molecule has 0 aliphatic carbocycles. The van der Waals surface area contributed by atoms with Crippen molar-refractivity contribution in [1.82, 2.24) is 30.0 Å². The molecule has 0 aliphatic heterocycles. The number of methoxy groups -OCH3 is 1. The molecule has 35 heavy (non-hydrogen) atoms. The van der Waals surface area contributed by atoms with E-state index in [1.807, 2.05) is 13.8 Å². The summed E-state index contributed by atoms with van der Waals surface area (Å²) in [5.74, 6) is 0.370. The summed E-state index contributed by atoms with van der Waals surface area (Å²) in [6.07, 6.45) is 3.95. The highest BCUT2D eigenvalue weighted by Crippen LogP contribution is 2.24. The van der Waals surface area contributed by atoms with Gasteiger partial charge >= 0.3 is 0 Å². The Morgan fingerprint density at radius 3 is 2.74 bits per heavy atom. The molecule has 11 heteroatoms. The molecular weight excluding hydrogens is 468 g/mol. The van der Waals surface area contributed by atoms with Crippen LogP contribution in [0.1, 0.15) is 42.6 Å². The molecular formula is C24H26N6O4S. The highest BCUT2D eigenvalue weighted by Gasteiger charge is 2.25. The van der Waals surface area contributed by atoms with Gasteiger partial charge in [0, 0.05) is 43.8 Å². The average molecular weight is 495 g/mol. The fraction of sp³-hybridized carbons (Fsp3) is 0.333. The van der Waals surface area contributed by atoms with Crippen molar-refractivity contribution in [3.63, 3.8) is 0 Å². The van der Waals surface area contributed by atoms with Crippen molar-refractivity contribution in [3.8, 4) is 11.4 Å². The van der Waals surface area contributed by atoms with Crippen LogP contribution in [-0.2, 0) is 11.3 Å². The first-order chi connectivity index (χ1) is 16.9. The van der Waals surface area contributed by atoms with E-state index in [-0.39, 0.29) is 17.4 Å². The number of amides is 1. The van der Waals surface area contributed by atoms with E-state index in [0.29, 0.717) is 52.5 Å². The first kappa shape index (κ1) is 24.4. The number of ether oxygens (including phenoxy) is 1. The van der Waals surface area contributed by atoms with Crippen LogP contribution >= 0.6 is 12.2 Å². The topological polar surface area (TPSA) is 128 Å². The van der Waals surface area contributed by atoms with E-state index in [1.165, 1.54) is 4.57 Å². The van der Waals surface area contributed by atoms with Crippen molar-refractivity contribution < 1.29 is 14.1 Å². The van der Waals surface area contributed by atoms with Crippen LogP contribution in [0, 0.1) is 10.7 Å². The molecule has 0 spiro atoms. The molecule has 4 rings (SSSR count). The zero-order valence-corrected chi connectivity index (χ0v) is 20.5. The Balaban J connectivity index is 1.58. The summed E-state index contributed by atoms with van der Waals surface area (Å²) in [5, 5.41) is 7.46. The minimum Gasteiger partial charge on any atom is -0.385 e. The Morgan fingerprint density at radius 2 is 2.03 bits per heavy atom. The number of carbonyl (C=O) groups is 1. The molecule has 10 nitrogen and oxygen atoms in total. The highest BCUT2D eigenvalue weighted by molar-refractivity contribution is 7.71. The number of rotatable bonds is 9. The standard InChI is InChI=1S/C24H26N6O4S/c1-14(2)19(22-28-20(29-34-22)15-7-9-25-10-8-15)27-21(31)16-5-6-17-18(13-16)26-24(35)30(23(17)32)11-4-12-33-3/h5-10,13-14,19H,4,11-12H2,1-3H3,(H,26,35)(H,27,31). The summed E-state index contributed by atoms with van der Waals surface area (Å²) in [5.41, 5.74) is 1.43. The van der Waals surface area contributed by atoms with Crippen LogP contribution in [0.3, 0.4) is 0 Å². The molecule has 0 aliphatic rings. The second kappa shape index (κ2) is 10.7. The molecule has 1 atom stereocenters. The van der Waals surface area contributed by atoms with Crippen molar-refractivity contribution >= 4 is 29.0 Å². The number of carbonyl (C=O) groups excluding carboxylic acids is 1. The normalized spacial score (nSPS) is 12.2. The molecule has 0 saturated carbocycles. The monoisotopic (exact) mass is 494 g/mol. The van der Waals surface area contributed by atoms with Gasteiger partial charge in [-0.15, -0.1) is 0 Å². The van der Waals surface area contributed by atoms with E-state index < -0.39 is 6.04 Å². The lowest BCUT2D eigenvalue weighted by molar-refractivity contribution is 0.0914. The van der Waals surface area contributed by atoms with Gasteiger partial charge < -0.3 is 19.6 Å². The highest BCUT2D eigenvalue weighted by atomic mass is 32.1. The van der Waals surface area contributed by atoms with Crippen molar-refractivity contribution in [1.29, 1.82) is 0 Å². The van der Waals surface area contributed by atoms with Crippen molar-refractivity contribution in [3.05, 3.63) is 69.3 Å². The number of aromatic amines is 1. The number of aromatic nitrogens is 5. The summed E-state index contributed by atoms with van der Waals surface area (Å²) in [6, 6.07) is 7.92. The number of benzene rings is 1. The SMILES string of the molecule is COCCCn1c(=S)[nH]c2cc(C(=O)NC(c3nc(-c4ccncc4)no3)C(C)C)ccc2c1=O. The maximum Gasteiger partial charge on any atom is 0.262 e. The molecule has 4 aromatic rings. The Bertz CT molecular complexity index is 1440. The number of nitrogens with one attached hydrogen (secondary N) is 2. The van der Waals surface area contributed by atoms with Crippen molar-refractivity contribution in [2.24, 2.45) is 5.92 Å². The van der Waals surface area contributed by atoms with Crippen LogP contribution in [0.2, 0.25) is 0 Å². The van der Waals surface area contributed by atoms with E-state index in [0.717, 1.165) is 5.56 Å². The minimum atomic E-state index is -0.506. The first-order valence-corrected chi connectivity index (χ1v) is 11.6. The van der Waals surface area contributed by atoms with Crippen LogP contribution in [0.4, 0.5) is 0 Å². The Morgan fingerprint density at radius 1 is 1.26 bits per heavy atom. The van der Waals surface area contributed by atoms with E-state index >= 15 is 0 Å². The lowest BCUT2D eigenvalue weighted by Crippen LogP contribution is -2.32. The number of hydrogen-bond acceptors (Lipinski definition) is 8. The van der Waals surface area contributed by atoms with Crippen LogP contribution in [0.5, 0.6) is 0 Å². The number of H-pyrrole nitrogens is 1. The lowest BCUT2D eigenvalue weighted by atomic mass is 10.0. The molecule has 0 bridgehead atoms. The maximum atomic E-state index is 13.1. The molecule has 182 valence electrons. The molecule has 0 saturated heterocycles. The molecule has 3 aromatic heterocycles. The second-order valence-corrected chi connectivity index (χ2v) is 8.77. The third-order valence-corrected chi connectivity index (χ3v) is 5.90. The zero-order valence-electron chi connectivity index (χ0n) is 19.6. The van der Waals surface area contributed by atoms with Gasteiger partial charge in [0.25, 0.3) is 11.5 Å². The Labute approximate surface area is 206 Å². The van der Waals surface area contributed by atoms with Crippen LogP contribution in [0.25, 0.3) is 22.3 Å². The fourth-order valence-electron chi connectivity index (χ4n) is 3.68. The first-order valence-electron chi connectivity index (χ1n) is 11.2. The quantitative estimate of drug-likeness (QED) is 0.266. The molecule has 1 amide bonds. The van der Waals surface area contributed by atoms with Gasteiger partial charge in [0.05, 0.1) is 10.9 Å². The largest absolute Gasteiger partial charge is 0.385 e. The zero-order chi connectivity index (χ0) is 24.9. The van der Waals surface area contributed by atoms with Gasteiger partial charge in [-0.3, -0.25) is 19.1 Å². The molecule has 1 aromatic carbocycles. The van der Waals surface area contributed by atoms with Gasteiger partial charge in [0.2, 0.25) is 11.7 Å². The summed E-state index contributed by atoms with van der Waals surface area (Å²) in [6.45, 7) is 4.87. The van der Waals surface area contributed by atoms with Gasteiger partial charge in [-0.1, -0.05) is 19.0 Å². The number of pyridine rings is 1. The summed E-state index contributed by atoms with van der Waals surface area (Å²) in [4.78, 5) is 37.5. The second-order valence-electron chi connectivity index (χ2n) is 8.38. The van der Waals surface area contributed by atoms with Crippen LogP contribution in [0.15, 0.2) is 52.0 Å². The van der Waals surface area contributed by atoms with E-state index in [2.05, 4.69) is 25.4 Å². The van der Waals surface area contributed by atoms with E-state index in [9.17, 15) is 9.59 Å². The third kappa shape index (κ3) is 5.36. The van der Waals surface area contributed by atoms with Crippen LogP contribution in [-0.4, -0.2) is 44.3 Å². The predicted molar refractivity (Wildman–Crippen MR) is 132 cm³/mol. The van der Waals surface area contributed by atoms with Gasteiger partial charge in [-0.25, -0.2) is 0 Å². The molecule has 0 fully saturated rings. The molecule has 1 unspecified atom stereocenters. The molecule has 3 heterocycles. The average Bonchev–Trinajstić information content (AvgIpc) is 3.34. The Hall–Kier alpha value is -3.70. The number of fused-ring (bicyclic) bond motifs is 1. The minimum absolute atomic E-state index is 0.0183. The van der Waals surface area contributed by atoms with E-state index in [1.54, 1.807) is 49.8 Å². The predicted octanol–water partition coefficient (Wildman–Crippen LogP) is 3.67.